The molecule has 0 aliphatic carbocycles. The summed E-state index contributed by atoms with van der Waals surface area (Å²) >= 11 is 0.654. The Morgan fingerprint density at radius 2 is 2.06 bits per heavy atom. The third-order valence-corrected chi connectivity index (χ3v) is 11.1. The molecule has 2 N–H and O–H groups in total. The van der Waals surface area contributed by atoms with Gasteiger partial charge in [-0.15, -0.1) is 11.3 Å². The molecule has 7 rings (SSSR count). The lowest BCUT2D eigenvalue weighted by Crippen LogP contribution is -2.43. The number of hydrogen-bond donors (Lipinski definition) is 1. The van der Waals surface area contributed by atoms with Crippen molar-refractivity contribution in [1.29, 1.82) is 5.26 Å². The number of likely N-dealkylation sites (tertiary alicyclic amines) is 1. The predicted molar refractivity (Wildman–Crippen MR) is 180 cm³/mol. The standard InChI is InChI=1S/C35H32F6N6O4S/c1-3-25(48)47-14-19(9-18(47)15-49-2)51-32-21-10-23(35(39,40)41)27(20-5-6-24(37)30-26(20)22(12-42)31(43)52-30)28(38)29(21)44-33(45-32)50-16-34-7-4-8-46(34)13-17(36)11-34/h3,5-6,10,17-19H,1,4,7-9,11,13-16,43H2,2H3/t17-,18+,19-,34?/m1/s1. The number of hydrogen-bond acceptors (Lipinski definition) is 10. The fraction of sp³-hybridized carbons (Fsp3) is 0.429. The van der Waals surface area contributed by atoms with E-state index < -0.39 is 87.1 Å². The van der Waals surface area contributed by atoms with Gasteiger partial charge >= 0.3 is 12.2 Å². The predicted octanol–water partition coefficient (Wildman–Crippen LogP) is 6.40. The second-order valence-electron chi connectivity index (χ2n) is 13.2. The van der Waals surface area contributed by atoms with Crippen molar-refractivity contribution in [2.24, 2.45) is 0 Å². The Labute approximate surface area is 297 Å². The first-order chi connectivity index (χ1) is 24.8. The third-order valence-electron chi connectivity index (χ3n) is 10.1. The highest BCUT2D eigenvalue weighted by Crippen LogP contribution is 2.48. The molecular weight excluding hydrogens is 714 g/mol. The number of carbonyl (C=O) groups excluding carboxylic acids is 1. The number of ether oxygens (including phenoxy) is 3. The molecule has 5 heterocycles. The van der Waals surface area contributed by atoms with Gasteiger partial charge in [0.25, 0.3) is 0 Å². The minimum absolute atomic E-state index is 0.00665. The van der Waals surface area contributed by atoms with Gasteiger partial charge in [0.2, 0.25) is 11.8 Å². The molecule has 2 aromatic heterocycles. The Hall–Kier alpha value is -4.66. The zero-order chi connectivity index (χ0) is 37.1. The lowest BCUT2D eigenvalue weighted by atomic mass is 9.92. The van der Waals surface area contributed by atoms with Gasteiger partial charge in [0.1, 0.15) is 41.3 Å². The summed E-state index contributed by atoms with van der Waals surface area (Å²) in [6, 6.07) is 3.38. The van der Waals surface area contributed by atoms with Gasteiger partial charge in [0.15, 0.2) is 5.82 Å². The van der Waals surface area contributed by atoms with Crippen LogP contribution in [0.15, 0.2) is 30.9 Å². The molecule has 10 nitrogen and oxygen atoms in total. The van der Waals surface area contributed by atoms with Crippen molar-refractivity contribution in [1.82, 2.24) is 19.8 Å². The largest absolute Gasteiger partial charge is 0.472 e. The van der Waals surface area contributed by atoms with Crippen molar-refractivity contribution in [3.8, 4) is 29.1 Å². The van der Waals surface area contributed by atoms with Crippen molar-refractivity contribution in [3.05, 3.63) is 53.6 Å². The van der Waals surface area contributed by atoms with Crippen LogP contribution < -0.4 is 15.2 Å². The number of nitrogens with zero attached hydrogens (tertiary/aromatic N) is 5. The van der Waals surface area contributed by atoms with Gasteiger partial charge in [-0.25, -0.2) is 13.2 Å². The van der Waals surface area contributed by atoms with Gasteiger partial charge < -0.3 is 24.8 Å². The second kappa shape index (κ2) is 13.4. The summed E-state index contributed by atoms with van der Waals surface area (Å²) in [4.78, 5) is 24.6. The van der Waals surface area contributed by atoms with Crippen LogP contribution in [0.3, 0.4) is 0 Å². The Morgan fingerprint density at radius 1 is 1.27 bits per heavy atom. The van der Waals surface area contributed by atoms with Gasteiger partial charge in [0, 0.05) is 37.4 Å². The number of nitrogens with two attached hydrogens (primary N) is 1. The monoisotopic (exact) mass is 746 g/mol. The summed E-state index contributed by atoms with van der Waals surface area (Å²) in [5.41, 5.74) is 1.49. The van der Waals surface area contributed by atoms with E-state index in [4.69, 9.17) is 19.9 Å². The van der Waals surface area contributed by atoms with Crippen LogP contribution in [0, 0.1) is 23.0 Å². The average molecular weight is 747 g/mol. The summed E-state index contributed by atoms with van der Waals surface area (Å²) < 4.78 is 109. The maximum atomic E-state index is 17.0. The maximum absolute atomic E-state index is 17.0. The Kier molecular flexibility index (Phi) is 9.20. The van der Waals surface area contributed by atoms with Crippen LogP contribution in [0.4, 0.5) is 31.3 Å². The number of alkyl halides is 4. The van der Waals surface area contributed by atoms with Crippen molar-refractivity contribution in [2.45, 2.75) is 55.7 Å². The number of nitriles is 1. The maximum Gasteiger partial charge on any atom is 0.417 e. The molecule has 1 amide bonds. The highest BCUT2D eigenvalue weighted by molar-refractivity contribution is 7.23. The van der Waals surface area contributed by atoms with Crippen molar-refractivity contribution in [3.63, 3.8) is 0 Å². The third kappa shape index (κ3) is 6.05. The molecule has 4 aromatic rings. The van der Waals surface area contributed by atoms with Crippen LogP contribution >= 0.6 is 11.3 Å². The van der Waals surface area contributed by atoms with Crippen LogP contribution in [-0.2, 0) is 15.7 Å². The number of amides is 1. The average Bonchev–Trinajstić information content (AvgIpc) is 3.84. The van der Waals surface area contributed by atoms with E-state index in [0.717, 1.165) is 24.6 Å². The Balaban J connectivity index is 1.41. The molecule has 3 fully saturated rings. The molecule has 3 saturated heterocycles. The van der Waals surface area contributed by atoms with Crippen molar-refractivity contribution in [2.75, 3.05) is 45.7 Å². The number of benzene rings is 2. The molecule has 274 valence electrons. The Bertz CT molecular complexity index is 2140. The molecule has 1 unspecified atom stereocenters. The van der Waals surface area contributed by atoms with Gasteiger partial charge in [-0.1, -0.05) is 12.6 Å². The van der Waals surface area contributed by atoms with Crippen molar-refractivity contribution >= 4 is 43.2 Å². The normalized spacial score (nSPS) is 23.3. The number of carbonyl (C=O) groups is 1. The number of halogens is 6. The molecule has 17 heteroatoms. The van der Waals surface area contributed by atoms with E-state index >= 15 is 4.39 Å². The summed E-state index contributed by atoms with van der Waals surface area (Å²) in [6.45, 7) is 4.45. The van der Waals surface area contributed by atoms with Crippen LogP contribution in [0.1, 0.15) is 36.8 Å². The first-order valence-corrected chi connectivity index (χ1v) is 17.2. The number of fused-ring (bicyclic) bond motifs is 3. The van der Waals surface area contributed by atoms with E-state index in [1.165, 1.54) is 12.0 Å². The zero-order valence-corrected chi connectivity index (χ0v) is 28.6. The molecular formula is C35H32F6N6O4S. The minimum atomic E-state index is -5.17. The number of anilines is 1. The number of methoxy groups -OCH3 is 1. The summed E-state index contributed by atoms with van der Waals surface area (Å²) in [5, 5.41) is 8.94. The highest BCUT2D eigenvalue weighted by atomic mass is 32.1. The van der Waals surface area contributed by atoms with E-state index in [9.17, 15) is 32.0 Å². The van der Waals surface area contributed by atoms with E-state index in [1.54, 1.807) is 6.07 Å². The van der Waals surface area contributed by atoms with Gasteiger partial charge in [-0.3, -0.25) is 9.69 Å². The number of nitrogen functional groups attached to an aromatic ring is 1. The SMILES string of the molecule is C=CC(=O)N1C[C@H](Oc2nc(OCC34CCCN3C[C@H](F)C4)nc3c(F)c(-c4ccc(F)c5sc(N)c(C#N)c45)c(C(F)(F)F)cc23)C[C@H]1COC. The zero-order valence-electron chi connectivity index (χ0n) is 27.7. The van der Waals surface area contributed by atoms with E-state index in [2.05, 4.69) is 16.5 Å². The number of thiophene rings is 1. The van der Waals surface area contributed by atoms with Gasteiger partial charge in [-0.2, -0.15) is 28.4 Å². The van der Waals surface area contributed by atoms with Crippen LogP contribution in [-0.4, -0.2) is 89.5 Å². The van der Waals surface area contributed by atoms with Crippen LogP contribution in [0.2, 0.25) is 0 Å². The minimum Gasteiger partial charge on any atom is -0.472 e. The Morgan fingerprint density at radius 3 is 2.77 bits per heavy atom. The smallest absolute Gasteiger partial charge is 0.417 e. The quantitative estimate of drug-likeness (QED) is 0.153. The second-order valence-corrected chi connectivity index (χ2v) is 14.3. The lowest BCUT2D eigenvalue weighted by molar-refractivity contribution is -0.137. The van der Waals surface area contributed by atoms with Gasteiger partial charge in [0.05, 0.1) is 45.9 Å². The van der Waals surface area contributed by atoms with Crippen molar-refractivity contribution < 1.29 is 45.3 Å². The molecule has 52 heavy (non-hydrogen) atoms. The summed E-state index contributed by atoms with van der Waals surface area (Å²) in [6.07, 6.45) is -4.14. The summed E-state index contributed by atoms with van der Waals surface area (Å²) in [5.74, 6) is -3.17. The molecule has 0 saturated carbocycles. The van der Waals surface area contributed by atoms with E-state index in [-0.39, 0.29) is 59.8 Å². The molecule has 0 radical (unpaired) electrons. The van der Waals surface area contributed by atoms with E-state index in [1.807, 2.05) is 4.90 Å². The van der Waals surface area contributed by atoms with Crippen LogP contribution in [0.5, 0.6) is 11.9 Å². The first-order valence-electron chi connectivity index (χ1n) is 16.4. The fourth-order valence-corrected chi connectivity index (χ4v) is 8.78. The summed E-state index contributed by atoms with van der Waals surface area (Å²) in [7, 11) is 1.45. The fourth-order valence-electron chi connectivity index (χ4n) is 7.83. The topological polar surface area (TPSA) is 127 Å². The molecule has 3 aliphatic rings. The number of rotatable bonds is 9. The molecule has 2 aromatic carbocycles. The molecule has 3 aliphatic heterocycles. The number of aromatic nitrogens is 2. The van der Waals surface area contributed by atoms with E-state index in [0.29, 0.717) is 30.4 Å². The van der Waals surface area contributed by atoms with Gasteiger partial charge in [-0.05, 0) is 43.2 Å². The molecule has 4 atom stereocenters. The lowest BCUT2D eigenvalue weighted by Gasteiger charge is -2.30. The van der Waals surface area contributed by atoms with Crippen LogP contribution in [0.25, 0.3) is 32.1 Å². The highest BCUT2D eigenvalue weighted by Gasteiger charge is 2.49. The molecule has 0 spiro atoms. The molecule has 0 bridgehead atoms. The first kappa shape index (κ1) is 35.7.